The molecule has 1 aromatic rings. The molecule has 1 saturated carbocycles. The van der Waals surface area contributed by atoms with Gasteiger partial charge in [0.05, 0.1) is 0 Å². The van der Waals surface area contributed by atoms with Crippen molar-refractivity contribution in [2.75, 3.05) is 0 Å². The Morgan fingerprint density at radius 2 is 2.00 bits per heavy atom. The van der Waals surface area contributed by atoms with Crippen LogP contribution in [0.1, 0.15) is 37.7 Å². The zero-order valence-electron chi connectivity index (χ0n) is 10.7. The summed E-state index contributed by atoms with van der Waals surface area (Å²) in [7, 11) is 0. The van der Waals surface area contributed by atoms with Gasteiger partial charge in [0.25, 0.3) is 5.54 Å². The number of carbonyl (C=O) groups is 1. The average Bonchev–Trinajstić information content (AvgIpc) is 2.42. The SMILES string of the molecule is O=C1CCCC[C@]1(C/C=C/c1ccccc1)[N+](=O)[O-]. The first kappa shape index (κ1) is 13.5. The lowest BCUT2D eigenvalue weighted by molar-refractivity contribution is -0.553. The summed E-state index contributed by atoms with van der Waals surface area (Å²) in [4.78, 5) is 22.8. The van der Waals surface area contributed by atoms with Gasteiger partial charge in [0, 0.05) is 24.2 Å². The van der Waals surface area contributed by atoms with Crippen molar-refractivity contribution in [2.24, 2.45) is 0 Å². The van der Waals surface area contributed by atoms with Crippen molar-refractivity contribution in [2.45, 2.75) is 37.6 Å². The number of benzene rings is 1. The van der Waals surface area contributed by atoms with Crippen LogP contribution in [0.25, 0.3) is 6.08 Å². The van der Waals surface area contributed by atoms with Gasteiger partial charge in [-0.05, 0) is 18.4 Å². The molecule has 1 aliphatic rings. The highest BCUT2D eigenvalue weighted by Crippen LogP contribution is 2.31. The molecule has 0 saturated heterocycles. The van der Waals surface area contributed by atoms with Crippen molar-refractivity contribution >= 4 is 11.9 Å². The lowest BCUT2D eigenvalue weighted by Gasteiger charge is -2.26. The Morgan fingerprint density at radius 3 is 2.63 bits per heavy atom. The number of nitro groups is 1. The maximum Gasteiger partial charge on any atom is 0.282 e. The fourth-order valence-electron chi connectivity index (χ4n) is 2.51. The molecule has 0 spiro atoms. The van der Waals surface area contributed by atoms with Crippen LogP contribution in [0.5, 0.6) is 0 Å². The van der Waals surface area contributed by atoms with E-state index in [9.17, 15) is 14.9 Å². The summed E-state index contributed by atoms with van der Waals surface area (Å²) in [5.41, 5.74) is -0.395. The molecule has 1 atom stereocenters. The fourth-order valence-corrected chi connectivity index (χ4v) is 2.51. The van der Waals surface area contributed by atoms with Gasteiger partial charge in [0.2, 0.25) is 5.78 Å². The molecule has 1 aromatic carbocycles. The van der Waals surface area contributed by atoms with E-state index in [0.29, 0.717) is 12.8 Å². The van der Waals surface area contributed by atoms with Crippen LogP contribution in [0.3, 0.4) is 0 Å². The summed E-state index contributed by atoms with van der Waals surface area (Å²) in [5.74, 6) is -0.221. The molecule has 0 bridgehead atoms. The van der Waals surface area contributed by atoms with E-state index in [1.165, 1.54) is 0 Å². The molecule has 0 N–H and O–H groups in total. The molecule has 100 valence electrons. The van der Waals surface area contributed by atoms with Crippen molar-refractivity contribution in [3.63, 3.8) is 0 Å². The Kier molecular flexibility index (Phi) is 4.10. The van der Waals surface area contributed by atoms with Crippen molar-refractivity contribution in [1.29, 1.82) is 0 Å². The van der Waals surface area contributed by atoms with Crippen molar-refractivity contribution in [1.82, 2.24) is 0 Å². The highest BCUT2D eigenvalue weighted by atomic mass is 16.6. The van der Waals surface area contributed by atoms with Crippen molar-refractivity contribution < 1.29 is 9.72 Å². The zero-order chi connectivity index (χ0) is 13.7. The van der Waals surface area contributed by atoms with Crippen LogP contribution < -0.4 is 0 Å². The topological polar surface area (TPSA) is 60.2 Å². The molecule has 4 nitrogen and oxygen atoms in total. The quantitative estimate of drug-likeness (QED) is 0.616. The number of Topliss-reactive ketones (excluding diaryl/α,β-unsaturated/α-hetero) is 1. The number of hydrogen-bond donors (Lipinski definition) is 0. The lowest BCUT2D eigenvalue weighted by Crippen LogP contribution is -2.48. The minimum atomic E-state index is -1.39. The third-order valence-electron chi connectivity index (χ3n) is 3.68. The van der Waals surface area contributed by atoms with Gasteiger partial charge in [0.15, 0.2) is 0 Å². The second kappa shape index (κ2) is 5.78. The summed E-state index contributed by atoms with van der Waals surface area (Å²) in [6.45, 7) is 0. The van der Waals surface area contributed by atoms with E-state index in [2.05, 4.69) is 0 Å². The van der Waals surface area contributed by atoms with Crippen LogP contribution in [0.2, 0.25) is 0 Å². The molecule has 0 unspecified atom stereocenters. The van der Waals surface area contributed by atoms with E-state index in [1.54, 1.807) is 6.08 Å². The Labute approximate surface area is 112 Å². The minimum absolute atomic E-state index is 0.188. The number of rotatable bonds is 4. The third kappa shape index (κ3) is 2.89. The van der Waals surface area contributed by atoms with Gasteiger partial charge in [-0.1, -0.05) is 42.5 Å². The number of nitrogens with zero attached hydrogens (tertiary/aromatic N) is 1. The molecule has 1 aliphatic carbocycles. The van der Waals surface area contributed by atoms with Crippen LogP contribution in [-0.2, 0) is 4.79 Å². The van der Waals surface area contributed by atoms with Gasteiger partial charge >= 0.3 is 0 Å². The number of hydrogen-bond acceptors (Lipinski definition) is 3. The molecular formula is C15H17NO3. The van der Waals surface area contributed by atoms with Crippen LogP contribution in [-0.4, -0.2) is 16.2 Å². The average molecular weight is 259 g/mol. The van der Waals surface area contributed by atoms with Gasteiger partial charge in [-0.3, -0.25) is 14.9 Å². The normalized spacial score (nSPS) is 23.7. The van der Waals surface area contributed by atoms with Crippen molar-refractivity contribution in [3.05, 3.63) is 52.1 Å². The monoisotopic (exact) mass is 259 g/mol. The van der Waals surface area contributed by atoms with E-state index in [-0.39, 0.29) is 17.1 Å². The smallest absolute Gasteiger partial charge is 0.282 e. The first-order valence-electron chi connectivity index (χ1n) is 6.54. The molecule has 0 aromatic heterocycles. The Balaban J connectivity index is 2.12. The van der Waals surface area contributed by atoms with Gasteiger partial charge in [-0.15, -0.1) is 0 Å². The second-order valence-corrected chi connectivity index (χ2v) is 4.94. The van der Waals surface area contributed by atoms with E-state index >= 15 is 0 Å². The molecule has 1 fully saturated rings. The number of carbonyl (C=O) groups excluding carboxylic acids is 1. The zero-order valence-corrected chi connectivity index (χ0v) is 10.7. The summed E-state index contributed by atoms with van der Waals surface area (Å²) in [6, 6.07) is 9.60. The third-order valence-corrected chi connectivity index (χ3v) is 3.68. The van der Waals surface area contributed by atoms with Crippen LogP contribution >= 0.6 is 0 Å². The van der Waals surface area contributed by atoms with Crippen LogP contribution in [0, 0.1) is 10.1 Å². The molecule has 0 aliphatic heterocycles. The maximum atomic E-state index is 11.9. The van der Waals surface area contributed by atoms with E-state index in [1.807, 2.05) is 36.4 Å². The summed E-state index contributed by atoms with van der Waals surface area (Å²) in [6.07, 6.45) is 6.00. The highest BCUT2D eigenvalue weighted by Gasteiger charge is 2.50. The Morgan fingerprint density at radius 1 is 1.26 bits per heavy atom. The standard InChI is InChI=1S/C15H17NO3/c17-14-10-4-5-11-15(14,16(18)19)12-6-9-13-7-2-1-3-8-13/h1-3,6-9H,4-5,10-12H2/b9-6+/t15-/m1/s1. The molecule has 4 heteroatoms. The van der Waals surface area contributed by atoms with Gasteiger partial charge in [-0.25, -0.2) is 0 Å². The molecule has 2 rings (SSSR count). The fraction of sp³-hybridized carbons (Fsp3) is 0.400. The van der Waals surface area contributed by atoms with Gasteiger partial charge in [0.1, 0.15) is 0 Å². The summed E-state index contributed by atoms with van der Waals surface area (Å²) >= 11 is 0. The summed E-state index contributed by atoms with van der Waals surface area (Å²) in [5, 5.41) is 11.3. The predicted molar refractivity (Wildman–Crippen MR) is 73.3 cm³/mol. The van der Waals surface area contributed by atoms with Gasteiger partial charge < -0.3 is 0 Å². The van der Waals surface area contributed by atoms with E-state index < -0.39 is 5.54 Å². The highest BCUT2D eigenvalue weighted by molar-refractivity contribution is 5.88. The Hall–Kier alpha value is -1.97. The van der Waals surface area contributed by atoms with Gasteiger partial charge in [-0.2, -0.15) is 0 Å². The van der Waals surface area contributed by atoms with Crippen LogP contribution in [0.4, 0.5) is 0 Å². The Bertz CT molecular complexity index is 495. The first-order chi connectivity index (χ1) is 9.15. The van der Waals surface area contributed by atoms with E-state index in [4.69, 9.17) is 0 Å². The largest absolute Gasteiger partial charge is 0.292 e. The predicted octanol–water partition coefficient (Wildman–Crippen LogP) is 3.25. The lowest BCUT2D eigenvalue weighted by atomic mass is 9.78. The molecular weight excluding hydrogens is 242 g/mol. The molecule has 0 heterocycles. The van der Waals surface area contributed by atoms with Crippen molar-refractivity contribution in [3.8, 4) is 0 Å². The van der Waals surface area contributed by atoms with E-state index in [0.717, 1.165) is 18.4 Å². The second-order valence-electron chi connectivity index (χ2n) is 4.94. The minimum Gasteiger partial charge on any atom is -0.292 e. The first-order valence-corrected chi connectivity index (χ1v) is 6.54. The number of ketones is 1. The molecule has 0 radical (unpaired) electrons. The van der Waals surface area contributed by atoms with Crippen LogP contribution in [0.15, 0.2) is 36.4 Å². The molecule has 19 heavy (non-hydrogen) atoms. The maximum absolute atomic E-state index is 11.9. The molecule has 0 amide bonds. The summed E-state index contributed by atoms with van der Waals surface area (Å²) < 4.78 is 0.